The highest BCUT2D eigenvalue weighted by molar-refractivity contribution is 5.93. The number of nitrogens with zero attached hydrogens (tertiary/aromatic N) is 1. The monoisotopic (exact) mass is 226 g/mol. The van der Waals surface area contributed by atoms with Crippen molar-refractivity contribution in [3.05, 3.63) is 12.2 Å². The van der Waals surface area contributed by atoms with Crippen molar-refractivity contribution in [3.63, 3.8) is 0 Å². The summed E-state index contributed by atoms with van der Waals surface area (Å²) in [5.74, 6) is 0.445. The van der Waals surface area contributed by atoms with Crippen molar-refractivity contribution in [2.75, 3.05) is 39.4 Å². The van der Waals surface area contributed by atoms with E-state index in [4.69, 9.17) is 4.74 Å². The van der Waals surface area contributed by atoms with E-state index >= 15 is 0 Å². The lowest BCUT2D eigenvalue weighted by molar-refractivity contribution is -0.118. The van der Waals surface area contributed by atoms with E-state index in [0.29, 0.717) is 24.6 Å². The molecule has 0 bridgehead atoms. The summed E-state index contributed by atoms with van der Waals surface area (Å²) in [6.45, 7) is 12.6. The van der Waals surface area contributed by atoms with Gasteiger partial charge in [-0.05, 0) is 5.92 Å². The predicted molar refractivity (Wildman–Crippen MR) is 64.2 cm³/mol. The zero-order valence-corrected chi connectivity index (χ0v) is 10.3. The quantitative estimate of drug-likeness (QED) is 0.700. The van der Waals surface area contributed by atoms with Gasteiger partial charge in [-0.1, -0.05) is 20.4 Å². The summed E-state index contributed by atoms with van der Waals surface area (Å²) in [6, 6.07) is 0. The molecule has 4 nitrogen and oxygen atoms in total. The number of nitrogens with one attached hydrogen (secondary N) is 1. The molecule has 92 valence electrons. The molecule has 1 amide bonds. The minimum Gasteiger partial charge on any atom is -0.379 e. The summed E-state index contributed by atoms with van der Waals surface area (Å²) >= 11 is 0. The summed E-state index contributed by atoms with van der Waals surface area (Å²) in [7, 11) is 0. The summed E-state index contributed by atoms with van der Waals surface area (Å²) < 4.78 is 5.25. The van der Waals surface area contributed by atoms with Crippen molar-refractivity contribution in [1.82, 2.24) is 10.2 Å². The number of hydrogen-bond donors (Lipinski definition) is 1. The Hall–Kier alpha value is -0.870. The van der Waals surface area contributed by atoms with Crippen LogP contribution in [0.4, 0.5) is 0 Å². The first-order valence-corrected chi connectivity index (χ1v) is 5.85. The molecule has 0 saturated carbocycles. The van der Waals surface area contributed by atoms with Crippen LogP contribution in [0.5, 0.6) is 0 Å². The van der Waals surface area contributed by atoms with E-state index in [-0.39, 0.29) is 5.91 Å². The van der Waals surface area contributed by atoms with Gasteiger partial charge >= 0.3 is 0 Å². The Morgan fingerprint density at radius 3 is 2.62 bits per heavy atom. The molecule has 4 heteroatoms. The van der Waals surface area contributed by atoms with Crippen LogP contribution in [0.1, 0.15) is 13.8 Å². The third kappa shape index (κ3) is 4.77. The average Bonchev–Trinajstić information content (AvgIpc) is 2.27. The largest absolute Gasteiger partial charge is 0.379 e. The van der Waals surface area contributed by atoms with Crippen molar-refractivity contribution in [1.29, 1.82) is 0 Å². The van der Waals surface area contributed by atoms with Gasteiger partial charge in [0.15, 0.2) is 0 Å². The van der Waals surface area contributed by atoms with E-state index in [1.165, 1.54) is 0 Å². The minimum atomic E-state index is -0.0276. The topological polar surface area (TPSA) is 41.6 Å². The molecule has 1 saturated heterocycles. The van der Waals surface area contributed by atoms with Gasteiger partial charge in [-0.15, -0.1) is 0 Å². The number of amides is 1. The fourth-order valence-electron chi connectivity index (χ4n) is 1.52. The van der Waals surface area contributed by atoms with Crippen LogP contribution in [0, 0.1) is 5.92 Å². The van der Waals surface area contributed by atoms with Crippen LogP contribution < -0.4 is 5.32 Å². The molecular formula is C12H22N2O2. The molecule has 1 aliphatic heterocycles. The van der Waals surface area contributed by atoms with Crippen molar-refractivity contribution < 1.29 is 9.53 Å². The number of carbonyl (C=O) groups is 1. The zero-order chi connectivity index (χ0) is 12.0. The van der Waals surface area contributed by atoms with E-state index in [0.717, 1.165) is 26.3 Å². The molecule has 0 aromatic carbocycles. The maximum absolute atomic E-state index is 11.7. The lowest BCUT2D eigenvalue weighted by atomic mass is 10.2. The normalized spacial score (nSPS) is 17.4. The first kappa shape index (κ1) is 13.2. The van der Waals surface area contributed by atoms with E-state index in [1.807, 2.05) is 0 Å². The molecule has 0 aliphatic carbocycles. The Kier molecular flexibility index (Phi) is 5.49. The predicted octanol–water partition coefficient (Wildman–Crippen LogP) is 0.647. The number of rotatable bonds is 5. The van der Waals surface area contributed by atoms with Gasteiger partial charge in [-0.2, -0.15) is 0 Å². The zero-order valence-electron chi connectivity index (χ0n) is 10.3. The Morgan fingerprint density at radius 2 is 2.06 bits per heavy atom. The highest BCUT2D eigenvalue weighted by Gasteiger charge is 2.14. The van der Waals surface area contributed by atoms with Crippen LogP contribution >= 0.6 is 0 Å². The molecule has 0 unspecified atom stereocenters. The molecule has 0 aromatic rings. The summed E-state index contributed by atoms with van der Waals surface area (Å²) in [5, 5.41) is 2.88. The smallest absolute Gasteiger partial charge is 0.247 e. The van der Waals surface area contributed by atoms with Gasteiger partial charge in [0.2, 0.25) is 5.91 Å². The molecule has 0 aromatic heterocycles. The summed E-state index contributed by atoms with van der Waals surface area (Å²) in [5.41, 5.74) is 0.641. The van der Waals surface area contributed by atoms with E-state index < -0.39 is 0 Å². The molecule has 1 aliphatic rings. The van der Waals surface area contributed by atoms with Gasteiger partial charge < -0.3 is 10.1 Å². The number of ether oxygens (including phenoxy) is 1. The SMILES string of the molecule is C=C(CN1CCOCC1)C(=O)NCC(C)C. The minimum absolute atomic E-state index is 0.0276. The van der Waals surface area contributed by atoms with E-state index in [2.05, 4.69) is 30.6 Å². The summed E-state index contributed by atoms with van der Waals surface area (Å²) in [6.07, 6.45) is 0. The van der Waals surface area contributed by atoms with Crippen LogP contribution in [-0.4, -0.2) is 50.2 Å². The average molecular weight is 226 g/mol. The second kappa shape index (κ2) is 6.66. The van der Waals surface area contributed by atoms with Crippen LogP contribution in [-0.2, 0) is 9.53 Å². The molecule has 1 heterocycles. The maximum Gasteiger partial charge on any atom is 0.247 e. The molecule has 1 fully saturated rings. The first-order chi connectivity index (χ1) is 7.59. The highest BCUT2D eigenvalue weighted by atomic mass is 16.5. The Bertz CT molecular complexity index is 245. The molecule has 0 radical (unpaired) electrons. The van der Waals surface area contributed by atoms with Crippen LogP contribution in [0.25, 0.3) is 0 Å². The van der Waals surface area contributed by atoms with Crippen molar-refractivity contribution in [3.8, 4) is 0 Å². The van der Waals surface area contributed by atoms with Gasteiger partial charge in [0, 0.05) is 31.8 Å². The number of morpholine rings is 1. The third-order valence-corrected chi connectivity index (χ3v) is 2.51. The molecule has 1 N–H and O–H groups in total. The van der Waals surface area contributed by atoms with Gasteiger partial charge in [0.05, 0.1) is 13.2 Å². The third-order valence-electron chi connectivity index (χ3n) is 2.51. The van der Waals surface area contributed by atoms with Crippen LogP contribution in [0.2, 0.25) is 0 Å². The Balaban J connectivity index is 2.25. The summed E-state index contributed by atoms with van der Waals surface area (Å²) in [4.78, 5) is 13.8. The fraction of sp³-hybridized carbons (Fsp3) is 0.750. The van der Waals surface area contributed by atoms with Gasteiger partial charge in [-0.25, -0.2) is 0 Å². The lowest BCUT2D eigenvalue weighted by Gasteiger charge is -2.26. The van der Waals surface area contributed by atoms with E-state index in [9.17, 15) is 4.79 Å². The van der Waals surface area contributed by atoms with Crippen molar-refractivity contribution in [2.45, 2.75) is 13.8 Å². The number of carbonyl (C=O) groups excluding carboxylic acids is 1. The second-order valence-corrected chi connectivity index (χ2v) is 4.60. The van der Waals surface area contributed by atoms with Crippen LogP contribution in [0.15, 0.2) is 12.2 Å². The lowest BCUT2D eigenvalue weighted by Crippen LogP contribution is -2.40. The fourth-order valence-corrected chi connectivity index (χ4v) is 1.52. The van der Waals surface area contributed by atoms with Crippen molar-refractivity contribution in [2.24, 2.45) is 5.92 Å². The molecule has 0 spiro atoms. The molecule has 1 rings (SSSR count). The first-order valence-electron chi connectivity index (χ1n) is 5.85. The Labute approximate surface area is 97.6 Å². The van der Waals surface area contributed by atoms with Gasteiger partial charge in [0.1, 0.15) is 0 Å². The van der Waals surface area contributed by atoms with E-state index in [1.54, 1.807) is 0 Å². The maximum atomic E-state index is 11.7. The van der Waals surface area contributed by atoms with Gasteiger partial charge in [-0.3, -0.25) is 9.69 Å². The van der Waals surface area contributed by atoms with Gasteiger partial charge in [0.25, 0.3) is 0 Å². The second-order valence-electron chi connectivity index (χ2n) is 4.60. The number of hydrogen-bond acceptors (Lipinski definition) is 3. The standard InChI is InChI=1S/C12H22N2O2/c1-10(2)8-13-12(15)11(3)9-14-4-6-16-7-5-14/h10H,3-9H2,1-2H3,(H,13,15). The Morgan fingerprint density at radius 1 is 1.44 bits per heavy atom. The van der Waals surface area contributed by atoms with Crippen LogP contribution in [0.3, 0.4) is 0 Å². The molecule has 0 atom stereocenters. The molecule has 16 heavy (non-hydrogen) atoms. The molecular weight excluding hydrogens is 204 g/mol. The van der Waals surface area contributed by atoms with Crippen molar-refractivity contribution >= 4 is 5.91 Å². The highest BCUT2D eigenvalue weighted by Crippen LogP contribution is 2.01.